The summed E-state index contributed by atoms with van der Waals surface area (Å²) in [5, 5.41) is 12.2. The number of nitrogens with zero attached hydrogens (tertiary/aromatic N) is 1. The second-order valence-corrected chi connectivity index (χ2v) is 4.01. The first kappa shape index (κ1) is 11.7. The molecular weight excluding hydrogens is 210 g/mol. The van der Waals surface area contributed by atoms with Gasteiger partial charge in [-0.3, -0.25) is 0 Å². The van der Waals surface area contributed by atoms with Crippen LogP contribution in [0.3, 0.4) is 0 Å². The first-order valence-corrected chi connectivity index (χ1v) is 5.74. The Balaban J connectivity index is 2.63. The minimum atomic E-state index is -0.323. The predicted octanol–water partition coefficient (Wildman–Crippen LogP) is 2.91. The van der Waals surface area contributed by atoms with E-state index in [4.69, 9.17) is 10.00 Å². The molecule has 0 N–H and O–H groups in total. The van der Waals surface area contributed by atoms with Crippen molar-refractivity contribution in [1.82, 2.24) is 0 Å². The molecule has 0 amide bonds. The molecule has 0 aliphatic carbocycles. The Bertz CT molecular complexity index is 378. The Morgan fingerprint density at radius 2 is 2.40 bits per heavy atom. The maximum absolute atomic E-state index is 11.6. The Kier molecular flexibility index (Phi) is 4.32. The Morgan fingerprint density at radius 1 is 1.67 bits per heavy atom. The molecule has 0 saturated heterocycles. The zero-order chi connectivity index (χ0) is 11.3. The third kappa shape index (κ3) is 3.07. The van der Waals surface area contributed by atoms with Gasteiger partial charge in [0.1, 0.15) is 6.10 Å². The van der Waals surface area contributed by atoms with Gasteiger partial charge in [-0.1, -0.05) is 6.92 Å². The van der Waals surface area contributed by atoms with E-state index >= 15 is 0 Å². The number of nitriles is 1. The van der Waals surface area contributed by atoms with E-state index < -0.39 is 0 Å². The highest BCUT2D eigenvalue weighted by Crippen LogP contribution is 2.16. The van der Waals surface area contributed by atoms with Crippen LogP contribution >= 0.6 is 11.3 Å². The minimum absolute atomic E-state index is 0.255. The van der Waals surface area contributed by atoms with Gasteiger partial charge in [-0.05, 0) is 24.3 Å². The number of aryl methyl sites for hydroxylation is 1. The topological polar surface area (TPSA) is 50.1 Å². The molecule has 1 atom stereocenters. The smallest absolute Gasteiger partial charge is 0.339 e. The molecule has 1 aromatic rings. The molecule has 3 nitrogen and oxygen atoms in total. The second-order valence-electron chi connectivity index (χ2n) is 3.27. The lowest BCUT2D eigenvalue weighted by molar-refractivity contribution is 0.0303. The minimum Gasteiger partial charge on any atom is -0.458 e. The molecule has 0 aliphatic heterocycles. The molecule has 0 spiro atoms. The fourth-order valence-electron chi connectivity index (χ4n) is 1.16. The first-order chi connectivity index (χ1) is 7.19. The molecule has 4 heteroatoms. The molecule has 1 aromatic heterocycles. The fourth-order valence-corrected chi connectivity index (χ4v) is 1.97. The standard InChI is InChI=1S/C11H13NO2S/c1-3-9(4-5-12)14-11(13)10-7-15-6-8(10)2/h6-7,9H,3-4H2,1-2H3/t9-/m1/s1. The van der Waals surface area contributed by atoms with Crippen molar-refractivity contribution < 1.29 is 9.53 Å². The van der Waals surface area contributed by atoms with Crippen molar-refractivity contribution in [3.05, 3.63) is 21.9 Å². The maximum Gasteiger partial charge on any atom is 0.339 e. The summed E-state index contributed by atoms with van der Waals surface area (Å²) in [4.78, 5) is 11.6. The van der Waals surface area contributed by atoms with Gasteiger partial charge in [0.05, 0.1) is 18.1 Å². The first-order valence-electron chi connectivity index (χ1n) is 4.79. The van der Waals surface area contributed by atoms with Crippen LogP contribution in [0.25, 0.3) is 0 Å². The largest absolute Gasteiger partial charge is 0.458 e. The summed E-state index contributed by atoms with van der Waals surface area (Å²) in [5.41, 5.74) is 1.54. The van der Waals surface area contributed by atoms with E-state index in [2.05, 4.69) is 0 Å². The average Bonchev–Trinajstić information content (AvgIpc) is 2.63. The lowest BCUT2D eigenvalue weighted by atomic mass is 10.2. The Morgan fingerprint density at radius 3 is 2.87 bits per heavy atom. The van der Waals surface area contributed by atoms with Crippen molar-refractivity contribution in [3.63, 3.8) is 0 Å². The van der Waals surface area contributed by atoms with Gasteiger partial charge in [-0.15, -0.1) is 0 Å². The van der Waals surface area contributed by atoms with E-state index in [1.807, 2.05) is 25.3 Å². The van der Waals surface area contributed by atoms with Crippen LogP contribution in [0.5, 0.6) is 0 Å². The highest BCUT2D eigenvalue weighted by molar-refractivity contribution is 7.08. The van der Waals surface area contributed by atoms with Crippen molar-refractivity contribution in [2.75, 3.05) is 0 Å². The van der Waals surface area contributed by atoms with Crippen molar-refractivity contribution >= 4 is 17.3 Å². The van der Waals surface area contributed by atoms with Crippen LogP contribution < -0.4 is 0 Å². The molecule has 0 fully saturated rings. The molecule has 15 heavy (non-hydrogen) atoms. The van der Waals surface area contributed by atoms with E-state index in [0.29, 0.717) is 12.0 Å². The van der Waals surface area contributed by atoms with Crippen molar-refractivity contribution in [2.45, 2.75) is 32.8 Å². The zero-order valence-corrected chi connectivity index (χ0v) is 9.63. The van der Waals surface area contributed by atoms with Crippen LogP contribution in [0.15, 0.2) is 10.8 Å². The molecule has 0 saturated carbocycles. The number of hydrogen-bond donors (Lipinski definition) is 0. The van der Waals surface area contributed by atoms with Crippen LogP contribution in [-0.4, -0.2) is 12.1 Å². The molecule has 1 rings (SSSR count). The summed E-state index contributed by atoms with van der Waals surface area (Å²) in [6.45, 7) is 3.77. The van der Waals surface area contributed by atoms with Gasteiger partial charge in [-0.2, -0.15) is 16.6 Å². The average molecular weight is 223 g/mol. The van der Waals surface area contributed by atoms with Gasteiger partial charge >= 0.3 is 5.97 Å². The molecule has 0 unspecified atom stereocenters. The predicted molar refractivity (Wildman–Crippen MR) is 58.8 cm³/mol. The van der Waals surface area contributed by atoms with E-state index in [0.717, 1.165) is 5.56 Å². The number of esters is 1. The number of carbonyl (C=O) groups excluding carboxylic acids is 1. The highest BCUT2D eigenvalue weighted by Gasteiger charge is 2.16. The number of thiophene rings is 1. The SMILES string of the molecule is CC[C@H](CC#N)OC(=O)c1cscc1C. The number of ether oxygens (including phenoxy) is 1. The molecule has 0 aromatic carbocycles. The number of hydrogen-bond acceptors (Lipinski definition) is 4. The zero-order valence-electron chi connectivity index (χ0n) is 8.82. The maximum atomic E-state index is 11.6. The van der Waals surface area contributed by atoms with Gasteiger partial charge in [0.15, 0.2) is 0 Å². The molecular formula is C11H13NO2S. The van der Waals surface area contributed by atoms with Crippen LogP contribution in [-0.2, 0) is 4.74 Å². The normalized spacial score (nSPS) is 11.8. The molecule has 0 radical (unpaired) electrons. The lowest BCUT2D eigenvalue weighted by Gasteiger charge is -2.12. The van der Waals surface area contributed by atoms with Crippen molar-refractivity contribution in [2.24, 2.45) is 0 Å². The van der Waals surface area contributed by atoms with Gasteiger partial charge in [0.25, 0.3) is 0 Å². The van der Waals surface area contributed by atoms with Crippen molar-refractivity contribution in [1.29, 1.82) is 5.26 Å². The molecule has 1 heterocycles. The summed E-state index contributed by atoms with van der Waals surface area (Å²) in [6.07, 6.45) is 0.635. The van der Waals surface area contributed by atoms with E-state index in [1.165, 1.54) is 11.3 Å². The summed E-state index contributed by atoms with van der Waals surface area (Å²) >= 11 is 1.48. The van der Waals surface area contributed by atoms with E-state index in [9.17, 15) is 4.79 Å². The van der Waals surface area contributed by atoms with Gasteiger partial charge in [0.2, 0.25) is 0 Å². The molecule has 80 valence electrons. The second kappa shape index (κ2) is 5.52. The number of carbonyl (C=O) groups is 1. The van der Waals surface area contributed by atoms with E-state index in [-0.39, 0.29) is 18.5 Å². The van der Waals surface area contributed by atoms with Gasteiger partial charge < -0.3 is 4.74 Å². The van der Waals surface area contributed by atoms with Crippen molar-refractivity contribution in [3.8, 4) is 6.07 Å². The number of rotatable bonds is 4. The summed E-state index contributed by atoms with van der Waals surface area (Å²) in [6, 6.07) is 2.01. The Labute approximate surface area is 93.3 Å². The summed E-state index contributed by atoms with van der Waals surface area (Å²) in [5.74, 6) is -0.323. The summed E-state index contributed by atoms with van der Waals surface area (Å²) in [7, 11) is 0. The summed E-state index contributed by atoms with van der Waals surface area (Å²) < 4.78 is 5.21. The van der Waals surface area contributed by atoms with E-state index in [1.54, 1.807) is 5.38 Å². The fraction of sp³-hybridized carbons (Fsp3) is 0.455. The highest BCUT2D eigenvalue weighted by atomic mass is 32.1. The molecule has 0 aliphatic rings. The van der Waals surface area contributed by atoms with Gasteiger partial charge in [-0.25, -0.2) is 4.79 Å². The van der Waals surface area contributed by atoms with Crippen LogP contribution in [0.1, 0.15) is 35.7 Å². The third-order valence-corrected chi connectivity index (χ3v) is 2.98. The van der Waals surface area contributed by atoms with Crippen LogP contribution in [0.2, 0.25) is 0 Å². The quantitative estimate of drug-likeness (QED) is 0.737. The van der Waals surface area contributed by atoms with Crippen LogP contribution in [0.4, 0.5) is 0 Å². The Hall–Kier alpha value is -1.34. The third-order valence-electron chi connectivity index (χ3n) is 2.12. The lowest BCUT2D eigenvalue weighted by Crippen LogP contribution is -2.17. The molecule has 0 bridgehead atoms. The van der Waals surface area contributed by atoms with Gasteiger partial charge in [0, 0.05) is 5.38 Å². The van der Waals surface area contributed by atoms with Crippen LogP contribution in [0, 0.1) is 18.3 Å². The monoisotopic (exact) mass is 223 g/mol.